The van der Waals surface area contributed by atoms with Gasteiger partial charge >= 0.3 is 0 Å². The number of methoxy groups -OCH3 is 2. The second-order valence-electron chi connectivity index (χ2n) is 8.28. The van der Waals surface area contributed by atoms with Gasteiger partial charge in [0, 0.05) is 19.2 Å². The summed E-state index contributed by atoms with van der Waals surface area (Å²) >= 11 is 0. The van der Waals surface area contributed by atoms with Crippen molar-refractivity contribution in [1.82, 2.24) is 4.90 Å². The molecule has 1 aliphatic heterocycles. The van der Waals surface area contributed by atoms with E-state index in [1.165, 1.54) is 16.0 Å². The summed E-state index contributed by atoms with van der Waals surface area (Å²) in [5.74, 6) is 1.57. The summed E-state index contributed by atoms with van der Waals surface area (Å²) in [7, 11) is 5.12. The van der Waals surface area contributed by atoms with E-state index in [2.05, 4.69) is 31.2 Å². The third-order valence-electron chi connectivity index (χ3n) is 5.90. The van der Waals surface area contributed by atoms with E-state index in [-0.39, 0.29) is 5.91 Å². The number of aryl methyl sites for hydroxylation is 1. The zero-order chi connectivity index (χ0) is 21.5. The van der Waals surface area contributed by atoms with Crippen LogP contribution in [-0.4, -0.2) is 64.8 Å². The van der Waals surface area contributed by atoms with Gasteiger partial charge in [0.1, 0.15) is 32.7 Å². The Bertz CT molecular complexity index is 847. The number of carbonyl (C=O) groups is 1. The zero-order valence-corrected chi connectivity index (χ0v) is 18.7. The van der Waals surface area contributed by atoms with Crippen LogP contribution < -0.4 is 19.3 Å². The van der Waals surface area contributed by atoms with Crippen LogP contribution in [0.1, 0.15) is 16.7 Å². The fraction of sp³-hybridized carbons (Fsp3) is 0.458. The van der Waals surface area contributed by atoms with Crippen LogP contribution in [0.15, 0.2) is 42.5 Å². The first-order valence-corrected chi connectivity index (χ1v) is 10.7. The van der Waals surface area contributed by atoms with Gasteiger partial charge in [-0.05, 0) is 24.6 Å². The Morgan fingerprint density at radius 3 is 2.30 bits per heavy atom. The molecule has 1 amide bonds. The molecule has 1 heterocycles. The van der Waals surface area contributed by atoms with Gasteiger partial charge in [0.2, 0.25) is 0 Å². The van der Waals surface area contributed by atoms with Gasteiger partial charge in [-0.15, -0.1) is 0 Å². The molecule has 6 nitrogen and oxygen atoms in total. The first-order chi connectivity index (χ1) is 14.5. The van der Waals surface area contributed by atoms with E-state index in [9.17, 15) is 4.79 Å². The number of nitrogens with zero attached hydrogens (tertiary/aromatic N) is 1. The predicted octanol–water partition coefficient (Wildman–Crippen LogP) is -0.0458. The lowest BCUT2D eigenvalue weighted by Gasteiger charge is -2.30. The Balaban J connectivity index is 1.46. The third kappa shape index (κ3) is 5.97. The van der Waals surface area contributed by atoms with E-state index in [0.717, 1.165) is 38.3 Å². The number of benzene rings is 2. The van der Waals surface area contributed by atoms with Crippen LogP contribution in [0.5, 0.6) is 11.5 Å². The molecule has 2 aromatic rings. The van der Waals surface area contributed by atoms with Gasteiger partial charge in [0.25, 0.3) is 5.91 Å². The number of ether oxygens (including phenoxy) is 2. The Morgan fingerprint density at radius 2 is 1.63 bits per heavy atom. The second-order valence-corrected chi connectivity index (χ2v) is 8.28. The summed E-state index contributed by atoms with van der Waals surface area (Å²) in [6, 6.07) is 14.6. The van der Waals surface area contributed by atoms with Gasteiger partial charge in [0.05, 0.1) is 14.2 Å². The highest BCUT2D eigenvalue weighted by Crippen LogP contribution is 2.27. The van der Waals surface area contributed by atoms with E-state index >= 15 is 0 Å². The van der Waals surface area contributed by atoms with Gasteiger partial charge in [-0.2, -0.15) is 0 Å². The fourth-order valence-electron chi connectivity index (χ4n) is 4.11. The molecule has 1 aliphatic rings. The van der Waals surface area contributed by atoms with E-state index in [4.69, 9.17) is 9.47 Å². The van der Waals surface area contributed by atoms with Crippen molar-refractivity contribution in [2.75, 3.05) is 54.0 Å². The van der Waals surface area contributed by atoms with Crippen molar-refractivity contribution >= 4 is 5.91 Å². The van der Waals surface area contributed by atoms with Gasteiger partial charge in [-0.25, -0.2) is 0 Å². The van der Waals surface area contributed by atoms with Crippen LogP contribution in [0.2, 0.25) is 0 Å². The molecule has 162 valence electrons. The van der Waals surface area contributed by atoms with Gasteiger partial charge < -0.3 is 24.2 Å². The average Bonchev–Trinajstić information content (AvgIpc) is 2.75. The van der Waals surface area contributed by atoms with E-state index in [0.29, 0.717) is 24.6 Å². The number of quaternary nitrogens is 2. The molecule has 0 bridgehead atoms. The van der Waals surface area contributed by atoms with Crippen molar-refractivity contribution in [2.45, 2.75) is 20.0 Å². The molecule has 0 aliphatic carbocycles. The Kier molecular flexibility index (Phi) is 7.71. The highest BCUT2D eigenvalue weighted by Gasteiger charge is 2.26. The van der Waals surface area contributed by atoms with E-state index < -0.39 is 0 Å². The summed E-state index contributed by atoms with van der Waals surface area (Å²) in [4.78, 5) is 17.5. The van der Waals surface area contributed by atoms with E-state index in [1.54, 1.807) is 24.0 Å². The quantitative estimate of drug-likeness (QED) is 0.638. The topological polar surface area (TPSA) is 47.6 Å². The normalized spacial score (nSPS) is 18.7. The molecular formula is C24H35N3O3+2. The van der Waals surface area contributed by atoms with E-state index in [1.807, 2.05) is 25.2 Å². The average molecular weight is 414 g/mol. The van der Waals surface area contributed by atoms with Crippen molar-refractivity contribution < 1.29 is 24.1 Å². The molecule has 1 fully saturated rings. The Labute approximate surface area is 180 Å². The van der Waals surface area contributed by atoms with Crippen LogP contribution in [0.25, 0.3) is 0 Å². The smallest absolute Gasteiger partial charge is 0.277 e. The predicted molar refractivity (Wildman–Crippen MR) is 117 cm³/mol. The molecule has 6 heteroatoms. The lowest BCUT2D eigenvalue weighted by Crippen LogP contribution is -3.28. The maximum atomic E-state index is 12.7. The first kappa shape index (κ1) is 22.1. The fourth-order valence-corrected chi connectivity index (χ4v) is 4.11. The number of hydrogen-bond acceptors (Lipinski definition) is 3. The maximum absolute atomic E-state index is 12.7. The molecule has 0 atom stereocenters. The minimum atomic E-state index is 0.182. The van der Waals surface area contributed by atoms with Crippen LogP contribution in [-0.2, 0) is 17.9 Å². The lowest BCUT2D eigenvalue weighted by atomic mass is 10.1. The summed E-state index contributed by atoms with van der Waals surface area (Å²) < 4.78 is 10.6. The maximum Gasteiger partial charge on any atom is 0.277 e. The van der Waals surface area contributed by atoms with Crippen LogP contribution in [0, 0.1) is 6.92 Å². The third-order valence-corrected chi connectivity index (χ3v) is 5.90. The monoisotopic (exact) mass is 413 g/mol. The van der Waals surface area contributed by atoms with Crippen LogP contribution in [0.3, 0.4) is 0 Å². The number of piperazine rings is 1. The van der Waals surface area contributed by atoms with Crippen molar-refractivity contribution in [3.05, 3.63) is 59.2 Å². The van der Waals surface area contributed by atoms with Crippen molar-refractivity contribution in [2.24, 2.45) is 0 Å². The highest BCUT2D eigenvalue weighted by atomic mass is 16.5. The van der Waals surface area contributed by atoms with Crippen molar-refractivity contribution in [1.29, 1.82) is 0 Å². The standard InChI is InChI=1S/C24H33N3O3/c1-19-6-5-7-20(14-19)17-26-10-12-27(13-11-26)18-24(28)25(2)16-21-8-9-22(29-3)23(15-21)30-4/h5-9,14-15H,10-13,16-18H2,1-4H3/p+2. The lowest BCUT2D eigenvalue weighted by molar-refractivity contribution is -1.02. The molecule has 3 rings (SSSR count). The first-order valence-electron chi connectivity index (χ1n) is 10.7. The minimum Gasteiger partial charge on any atom is -0.493 e. The summed E-state index contributed by atoms with van der Waals surface area (Å²) in [6.07, 6.45) is 0. The molecule has 30 heavy (non-hydrogen) atoms. The van der Waals surface area contributed by atoms with Crippen molar-refractivity contribution in [3.63, 3.8) is 0 Å². The molecular weight excluding hydrogens is 378 g/mol. The molecule has 1 saturated heterocycles. The van der Waals surface area contributed by atoms with Gasteiger partial charge in [0.15, 0.2) is 18.0 Å². The number of nitrogens with one attached hydrogen (secondary N) is 2. The number of hydrogen-bond donors (Lipinski definition) is 2. The molecule has 2 N–H and O–H groups in total. The largest absolute Gasteiger partial charge is 0.493 e. The van der Waals surface area contributed by atoms with Crippen molar-refractivity contribution in [3.8, 4) is 11.5 Å². The molecule has 0 unspecified atom stereocenters. The van der Waals surface area contributed by atoms with Crippen LogP contribution in [0.4, 0.5) is 0 Å². The summed E-state index contributed by atoms with van der Waals surface area (Å²) in [5.41, 5.74) is 3.75. The van der Waals surface area contributed by atoms with Gasteiger partial charge in [-0.1, -0.05) is 35.9 Å². The molecule has 0 radical (unpaired) electrons. The Hall–Kier alpha value is -2.57. The van der Waals surface area contributed by atoms with Gasteiger partial charge in [-0.3, -0.25) is 4.79 Å². The number of likely N-dealkylation sites (N-methyl/N-ethyl adjacent to an activating group) is 1. The summed E-state index contributed by atoms with van der Waals surface area (Å²) in [5, 5.41) is 0. The highest BCUT2D eigenvalue weighted by molar-refractivity contribution is 5.76. The molecule has 0 spiro atoms. The number of rotatable bonds is 8. The number of amides is 1. The molecule has 2 aromatic carbocycles. The minimum absolute atomic E-state index is 0.182. The second kappa shape index (κ2) is 10.5. The Morgan fingerprint density at radius 1 is 0.933 bits per heavy atom. The van der Waals surface area contributed by atoms with Crippen LogP contribution >= 0.6 is 0 Å². The molecule has 0 saturated carbocycles. The zero-order valence-electron chi connectivity index (χ0n) is 18.7. The SMILES string of the molecule is COc1ccc(CN(C)C(=O)C[NH+]2CC[NH+](Cc3cccc(C)c3)CC2)cc1OC. The summed E-state index contributed by atoms with van der Waals surface area (Å²) in [6.45, 7) is 8.63. The molecule has 0 aromatic heterocycles. The number of carbonyl (C=O) groups excluding carboxylic acids is 1.